The molecule has 1 N–H and O–H groups in total. The lowest BCUT2D eigenvalue weighted by atomic mass is 9.96. The Morgan fingerprint density at radius 1 is 1.06 bits per heavy atom. The summed E-state index contributed by atoms with van der Waals surface area (Å²) in [7, 11) is 0. The second-order valence-corrected chi connectivity index (χ2v) is 10.9. The number of hydrogen-bond donors (Lipinski definition) is 1. The number of halogens is 1. The number of ether oxygens (including phenoxy) is 2. The Bertz CT molecular complexity index is 2070. The number of nitrogens with one attached hydrogen (secondary N) is 1. The topological polar surface area (TPSA) is 138 Å². The van der Waals surface area contributed by atoms with Crippen molar-refractivity contribution in [3.63, 3.8) is 0 Å². The largest absolute Gasteiger partial charge is 0.494 e. The lowest BCUT2D eigenvalue weighted by Gasteiger charge is -2.18. The smallest absolute Gasteiger partial charge is 0.311 e. The van der Waals surface area contributed by atoms with E-state index in [1.165, 1.54) is 47.3 Å². The van der Waals surface area contributed by atoms with Crippen LogP contribution in [0.5, 0.6) is 11.5 Å². The van der Waals surface area contributed by atoms with Crippen LogP contribution in [0, 0.1) is 22.9 Å². The van der Waals surface area contributed by atoms with Crippen LogP contribution in [0.2, 0.25) is 0 Å². The molecule has 240 valence electrons. The second-order valence-electron chi connectivity index (χ2n) is 10.9. The molecule has 0 fully saturated rings. The molecule has 5 aromatic rings. The van der Waals surface area contributed by atoms with Crippen LogP contribution in [-0.4, -0.2) is 39.9 Å². The van der Waals surface area contributed by atoms with Gasteiger partial charge in [0, 0.05) is 22.9 Å². The van der Waals surface area contributed by atoms with E-state index in [4.69, 9.17) is 14.5 Å². The van der Waals surface area contributed by atoms with Gasteiger partial charge in [0.25, 0.3) is 11.5 Å². The zero-order valence-corrected chi connectivity index (χ0v) is 26.2. The minimum absolute atomic E-state index is 0.119. The normalized spacial score (nSPS) is 11.3. The monoisotopic (exact) mass is 637 g/mol. The Kier molecular flexibility index (Phi) is 9.69. The SMILES string of the molecule is CCOc1cc(C)c(-c2nc3ccccc3c(=O)n2N=Cc2ccc(OCC(=O)Nc3cccc(F)c3)c([N+](=O)[O-])c2)cc1C(C)C. The number of carbonyl (C=O) groups excluding carboxylic acids is 1. The van der Waals surface area contributed by atoms with Crippen molar-refractivity contribution in [1.82, 2.24) is 9.66 Å². The van der Waals surface area contributed by atoms with Crippen molar-refractivity contribution >= 4 is 34.4 Å². The molecule has 0 aliphatic rings. The molecular formula is C35H32FN5O6. The number of nitro groups is 1. The van der Waals surface area contributed by atoms with E-state index >= 15 is 0 Å². The highest BCUT2D eigenvalue weighted by atomic mass is 19.1. The summed E-state index contributed by atoms with van der Waals surface area (Å²) < 4.78 is 25.9. The van der Waals surface area contributed by atoms with Crippen LogP contribution in [0.25, 0.3) is 22.3 Å². The average molecular weight is 638 g/mol. The summed E-state index contributed by atoms with van der Waals surface area (Å²) in [5.74, 6) is -0.141. The number of nitrogens with zero attached hydrogens (tertiary/aromatic N) is 4. The zero-order chi connectivity index (χ0) is 33.7. The fourth-order valence-electron chi connectivity index (χ4n) is 4.99. The molecule has 11 nitrogen and oxygen atoms in total. The van der Waals surface area contributed by atoms with E-state index in [9.17, 15) is 24.1 Å². The average Bonchev–Trinajstić information content (AvgIpc) is 3.03. The number of anilines is 1. The fourth-order valence-corrected chi connectivity index (χ4v) is 4.99. The van der Waals surface area contributed by atoms with E-state index in [0.717, 1.165) is 22.9 Å². The highest BCUT2D eigenvalue weighted by Gasteiger charge is 2.20. The maximum absolute atomic E-state index is 13.8. The molecule has 12 heteroatoms. The number of rotatable bonds is 11. The first-order valence-electron chi connectivity index (χ1n) is 14.9. The van der Waals surface area contributed by atoms with Crippen LogP contribution >= 0.6 is 0 Å². The first-order valence-corrected chi connectivity index (χ1v) is 14.9. The first kappa shape index (κ1) is 32.5. The molecule has 0 spiro atoms. The standard InChI is InChI=1S/C35H32FN5O6/c1-5-46-32-15-22(4)28(18-27(32)21(2)3)34-39-29-12-7-6-11-26(29)35(43)40(34)37-19-23-13-14-31(30(16-23)41(44)45)47-20-33(42)38-25-10-8-9-24(36)17-25/h6-19,21H,5,20H2,1-4H3,(H,38,42). The minimum atomic E-state index is -0.650. The first-order chi connectivity index (χ1) is 22.5. The molecule has 0 aliphatic carbocycles. The zero-order valence-electron chi connectivity index (χ0n) is 26.2. The van der Waals surface area contributed by atoms with Crippen molar-refractivity contribution in [1.29, 1.82) is 0 Å². The highest BCUT2D eigenvalue weighted by Crippen LogP contribution is 2.34. The molecule has 0 radical (unpaired) electrons. The van der Waals surface area contributed by atoms with E-state index in [2.05, 4.69) is 10.4 Å². The number of benzene rings is 4. The maximum atomic E-state index is 13.8. The van der Waals surface area contributed by atoms with Crippen LogP contribution < -0.4 is 20.3 Å². The number of aromatic nitrogens is 2. The second kappa shape index (κ2) is 14.0. The lowest BCUT2D eigenvalue weighted by Crippen LogP contribution is -2.21. The van der Waals surface area contributed by atoms with Gasteiger partial charge < -0.3 is 14.8 Å². The van der Waals surface area contributed by atoms with Gasteiger partial charge in [-0.1, -0.05) is 32.0 Å². The molecule has 5 rings (SSSR count). The Hall–Kier alpha value is -5.91. The molecule has 47 heavy (non-hydrogen) atoms. The Balaban J connectivity index is 1.50. The quantitative estimate of drug-likeness (QED) is 0.0951. The maximum Gasteiger partial charge on any atom is 0.311 e. The predicted molar refractivity (Wildman–Crippen MR) is 178 cm³/mol. The van der Waals surface area contributed by atoms with Crippen molar-refractivity contribution in [3.05, 3.63) is 122 Å². The molecule has 0 bridgehead atoms. The summed E-state index contributed by atoms with van der Waals surface area (Å²) in [6, 6.07) is 20.2. The Morgan fingerprint density at radius 2 is 1.85 bits per heavy atom. The third kappa shape index (κ3) is 7.33. The van der Waals surface area contributed by atoms with Crippen LogP contribution in [-0.2, 0) is 4.79 Å². The van der Waals surface area contributed by atoms with Gasteiger partial charge in [0.05, 0.1) is 28.6 Å². The van der Waals surface area contributed by atoms with Gasteiger partial charge in [-0.15, -0.1) is 0 Å². The molecule has 4 aromatic carbocycles. The van der Waals surface area contributed by atoms with Crippen molar-refractivity contribution in [2.24, 2.45) is 5.10 Å². The summed E-state index contributed by atoms with van der Waals surface area (Å²) in [6.07, 6.45) is 1.32. The van der Waals surface area contributed by atoms with Gasteiger partial charge in [-0.2, -0.15) is 9.78 Å². The number of amides is 1. The highest BCUT2D eigenvalue weighted by molar-refractivity contribution is 5.92. The van der Waals surface area contributed by atoms with Crippen molar-refractivity contribution < 1.29 is 23.6 Å². The summed E-state index contributed by atoms with van der Waals surface area (Å²) in [5.41, 5.74) is 2.63. The van der Waals surface area contributed by atoms with Gasteiger partial charge >= 0.3 is 5.69 Å². The number of nitro benzene ring substituents is 1. The molecule has 0 saturated carbocycles. The van der Waals surface area contributed by atoms with Crippen molar-refractivity contribution in [2.45, 2.75) is 33.6 Å². The molecule has 0 aliphatic heterocycles. The van der Waals surface area contributed by atoms with Crippen LogP contribution in [0.4, 0.5) is 15.8 Å². The summed E-state index contributed by atoms with van der Waals surface area (Å²) in [4.78, 5) is 42.2. The molecule has 1 amide bonds. The molecule has 0 unspecified atom stereocenters. The molecular weight excluding hydrogens is 605 g/mol. The number of aryl methyl sites for hydroxylation is 1. The number of para-hydroxylation sites is 1. The predicted octanol–water partition coefficient (Wildman–Crippen LogP) is 6.84. The van der Waals surface area contributed by atoms with Gasteiger partial charge in [0.15, 0.2) is 18.2 Å². The van der Waals surface area contributed by atoms with Gasteiger partial charge in [-0.05, 0) is 85.5 Å². The number of fused-ring (bicyclic) bond motifs is 1. The number of hydrogen-bond acceptors (Lipinski definition) is 8. The Labute approximate surface area is 269 Å². The summed E-state index contributed by atoms with van der Waals surface area (Å²) in [6.45, 7) is 7.86. The van der Waals surface area contributed by atoms with Crippen LogP contribution in [0.3, 0.4) is 0 Å². The summed E-state index contributed by atoms with van der Waals surface area (Å²) in [5, 5.41) is 19.2. The third-order valence-electron chi connectivity index (χ3n) is 7.24. The van der Waals surface area contributed by atoms with Gasteiger partial charge in [0.2, 0.25) is 0 Å². The van der Waals surface area contributed by atoms with E-state index in [1.807, 2.05) is 39.8 Å². The summed E-state index contributed by atoms with van der Waals surface area (Å²) >= 11 is 0. The Morgan fingerprint density at radius 3 is 2.57 bits per heavy atom. The minimum Gasteiger partial charge on any atom is -0.494 e. The van der Waals surface area contributed by atoms with Crippen LogP contribution in [0.15, 0.2) is 88.8 Å². The number of carbonyl (C=O) groups is 1. The van der Waals surface area contributed by atoms with Crippen molar-refractivity contribution in [2.75, 3.05) is 18.5 Å². The lowest BCUT2D eigenvalue weighted by molar-refractivity contribution is -0.385. The van der Waals surface area contributed by atoms with E-state index < -0.39 is 34.5 Å². The van der Waals surface area contributed by atoms with E-state index in [0.29, 0.717) is 34.5 Å². The van der Waals surface area contributed by atoms with Crippen molar-refractivity contribution in [3.8, 4) is 22.9 Å². The molecule has 1 aromatic heterocycles. The third-order valence-corrected chi connectivity index (χ3v) is 7.24. The van der Waals surface area contributed by atoms with E-state index in [-0.39, 0.29) is 17.4 Å². The molecule has 1 heterocycles. The molecule has 0 atom stereocenters. The van der Waals surface area contributed by atoms with Gasteiger partial charge in [-0.3, -0.25) is 19.7 Å². The fraction of sp³-hybridized carbons (Fsp3) is 0.200. The molecule has 0 saturated heterocycles. The van der Waals surface area contributed by atoms with Gasteiger partial charge in [0.1, 0.15) is 11.6 Å². The van der Waals surface area contributed by atoms with Gasteiger partial charge in [-0.25, -0.2) is 9.37 Å². The van der Waals surface area contributed by atoms with Crippen LogP contribution in [0.1, 0.15) is 43.4 Å². The van der Waals surface area contributed by atoms with E-state index in [1.54, 1.807) is 24.3 Å².